The van der Waals surface area contributed by atoms with Gasteiger partial charge in [0.15, 0.2) is 0 Å². The van der Waals surface area contributed by atoms with Crippen LogP contribution in [-0.4, -0.2) is 30.9 Å². The summed E-state index contributed by atoms with van der Waals surface area (Å²) < 4.78 is 5.52. The molecule has 0 saturated heterocycles. The molecule has 0 heterocycles. The monoisotopic (exact) mass is 297 g/mol. The highest BCUT2D eigenvalue weighted by Gasteiger charge is 2.44. The van der Waals surface area contributed by atoms with Gasteiger partial charge in [0, 0.05) is 13.1 Å². The first kappa shape index (κ1) is 15.6. The van der Waals surface area contributed by atoms with Crippen LogP contribution in [0.5, 0.6) is 5.75 Å². The first-order valence-electron chi connectivity index (χ1n) is 7.29. The fourth-order valence-electron chi connectivity index (χ4n) is 2.41. The number of hydrogen-bond donors (Lipinski definition) is 2. The topological polar surface area (TPSA) is 41.5 Å². The number of benzene rings is 1. The lowest BCUT2D eigenvalue weighted by Crippen LogP contribution is -2.36. The molecule has 0 aromatic heterocycles. The zero-order chi connectivity index (χ0) is 14.6. The van der Waals surface area contributed by atoms with Gasteiger partial charge in [0.05, 0.1) is 5.02 Å². The second-order valence-corrected chi connectivity index (χ2v) is 6.45. The van der Waals surface area contributed by atoms with Gasteiger partial charge >= 0.3 is 0 Å². The Labute approximate surface area is 126 Å². The van der Waals surface area contributed by atoms with E-state index in [4.69, 9.17) is 16.3 Å². The van der Waals surface area contributed by atoms with Gasteiger partial charge in [-0.25, -0.2) is 0 Å². The van der Waals surface area contributed by atoms with Gasteiger partial charge in [-0.2, -0.15) is 0 Å². The van der Waals surface area contributed by atoms with E-state index < -0.39 is 6.10 Å². The van der Waals surface area contributed by atoms with E-state index in [-0.39, 0.29) is 6.61 Å². The summed E-state index contributed by atoms with van der Waals surface area (Å²) in [5, 5.41) is 13.9. The third kappa shape index (κ3) is 4.11. The first-order chi connectivity index (χ1) is 9.53. The van der Waals surface area contributed by atoms with Crippen LogP contribution in [0.3, 0.4) is 0 Å². The highest BCUT2D eigenvalue weighted by atomic mass is 35.5. The Hall–Kier alpha value is -0.770. The van der Waals surface area contributed by atoms with Crippen LogP contribution in [0, 0.1) is 11.3 Å². The molecule has 0 amide bonds. The molecule has 1 aliphatic carbocycles. The SMILES string of the molecule is CC(C)C1(CNCC(O)COc2ccccc2Cl)CC1. The molecule has 2 rings (SSSR count). The minimum atomic E-state index is -0.519. The Morgan fingerprint density at radius 2 is 2.05 bits per heavy atom. The molecule has 0 spiro atoms. The molecule has 2 N–H and O–H groups in total. The van der Waals surface area contributed by atoms with E-state index in [9.17, 15) is 5.11 Å². The number of halogens is 1. The summed E-state index contributed by atoms with van der Waals surface area (Å²) in [5.74, 6) is 1.32. The maximum atomic E-state index is 9.93. The molecule has 1 saturated carbocycles. The summed E-state index contributed by atoms with van der Waals surface area (Å²) in [5.41, 5.74) is 0.462. The summed E-state index contributed by atoms with van der Waals surface area (Å²) in [6, 6.07) is 7.31. The molecular weight excluding hydrogens is 274 g/mol. The molecule has 1 aromatic rings. The normalized spacial score (nSPS) is 18.1. The van der Waals surface area contributed by atoms with Crippen LogP contribution in [0.2, 0.25) is 5.02 Å². The summed E-state index contributed by atoms with van der Waals surface area (Å²) in [4.78, 5) is 0. The molecule has 1 fully saturated rings. The number of aliphatic hydroxyl groups excluding tert-OH is 1. The Morgan fingerprint density at radius 1 is 1.35 bits per heavy atom. The maximum absolute atomic E-state index is 9.93. The quantitative estimate of drug-likeness (QED) is 0.775. The summed E-state index contributed by atoms with van der Waals surface area (Å²) in [6.07, 6.45) is 2.07. The molecule has 0 aliphatic heterocycles. The molecule has 20 heavy (non-hydrogen) atoms. The maximum Gasteiger partial charge on any atom is 0.138 e. The average molecular weight is 298 g/mol. The van der Waals surface area contributed by atoms with Gasteiger partial charge in [-0.05, 0) is 36.3 Å². The highest BCUT2D eigenvalue weighted by molar-refractivity contribution is 6.32. The summed E-state index contributed by atoms with van der Waals surface area (Å²) in [6.45, 7) is 6.33. The average Bonchev–Trinajstić information content (AvgIpc) is 3.19. The molecule has 4 heteroatoms. The van der Waals surface area contributed by atoms with Crippen molar-refractivity contribution in [3.05, 3.63) is 29.3 Å². The van der Waals surface area contributed by atoms with Crippen molar-refractivity contribution in [3.8, 4) is 5.75 Å². The van der Waals surface area contributed by atoms with Crippen molar-refractivity contribution in [2.45, 2.75) is 32.8 Å². The third-order valence-electron chi connectivity index (χ3n) is 4.24. The van der Waals surface area contributed by atoms with Crippen molar-refractivity contribution in [3.63, 3.8) is 0 Å². The van der Waals surface area contributed by atoms with Gasteiger partial charge in [-0.3, -0.25) is 0 Å². The molecule has 112 valence electrons. The summed E-state index contributed by atoms with van der Waals surface area (Å²) in [7, 11) is 0. The van der Waals surface area contributed by atoms with E-state index >= 15 is 0 Å². The fourth-order valence-corrected chi connectivity index (χ4v) is 2.60. The van der Waals surface area contributed by atoms with Crippen molar-refractivity contribution in [2.75, 3.05) is 19.7 Å². The molecule has 1 unspecified atom stereocenters. The minimum Gasteiger partial charge on any atom is -0.489 e. The molecule has 0 bridgehead atoms. The largest absolute Gasteiger partial charge is 0.489 e. The number of nitrogens with one attached hydrogen (secondary N) is 1. The number of rotatable bonds is 8. The Balaban J connectivity index is 1.66. The predicted molar refractivity (Wildman–Crippen MR) is 82.3 cm³/mol. The lowest BCUT2D eigenvalue weighted by Gasteiger charge is -2.21. The Kier molecular flexibility index (Phi) is 5.30. The minimum absolute atomic E-state index is 0.255. The zero-order valence-corrected chi connectivity index (χ0v) is 13.0. The first-order valence-corrected chi connectivity index (χ1v) is 7.67. The smallest absolute Gasteiger partial charge is 0.138 e. The van der Waals surface area contributed by atoms with E-state index in [1.54, 1.807) is 12.1 Å². The van der Waals surface area contributed by atoms with E-state index in [1.807, 2.05) is 12.1 Å². The fraction of sp³-hybridized carbons (Fsp3) is 0.625. The van der Waals surface area contributed by atoms with Gasteiger partial charge in [0.1, 0.15) is 18.5 Å². The van der Waals surface area contributed by atoms with Crippen molar-refractivity contribution < 1.29 is 9.84 Å². The number of hydrogen-bond acceptors (Lipinski definition) is 3. The third-order valence-corrected chi connectivity index (χ3v) is 4.55. The van der Waals surface area contributed by atoms with Crippen LogP contribution in [0.1, 0.15) is 26.7 Å². The van der Waals surface area contributed by atoms with Gasteiger partial charge in [0.2, 0.25) is 0 Å². The van der Waals surface area contributed by atoms with Crippen LogP contribution in [-0.2, 0) is 0 Å². The van der Waals surface area contributed by atoms with Crippen LogP contribution < -0.4 is 10.1 Å². The van der Waals surface area contributed by atoms with E-state index in [1.165, 1.54) is 12.8 Å². The number of para-hydroxylation sites is 1. The molecule has 3 nitrogen and oxygen atoms in total. The molecule has 1 aromatic carbocycles. The second kappa shape index (κ2) is 6.79. The van der Waals surface area contributed by atoms with Crippen LogP contribution in [0.4, 0.5) is 0 Å². The molecular formula is C16H24ClNO2. The standard InChI is InChI=1S/C16H24ClNO2/c1-12(2)16(7-8-16)11-18-9-13(19)10-20-15-6-4-3-5-14(15)17/h3-6,12-13,18-19H,7-11H2,1-2H3. The predicted octanol–water partition coefficient (Wildman–Crippen LogP) is 3.11. The molecule has 1 atom stereocenters. The number of ether oxygens (including phenoxy) is 1. The Bertz CT molecular complexity index is 432. The van der Waals surface area contributed by atoms with Crippen LogP contribution in [0.15, 0.2) is 24.3 Å². The van der Waals surface area contributed by atoms with Gasteiger partial charge in [0.25, 0.3) is 0 Å². The van der Waals surface area contributed by atoms with E-state index in [0.29, 0.717) is 28.6 Å². The lowest BCUT2D eigenvalue weighted by atomic mass is 9.92. The molecule has 0 radical (unpaired) electrons. The highest BCUT2D eigenvalue weighted by Crippen LogP contribution is 2.51. The van der Waals surface area contributed by atoms with Gasteiger partial charge in [-0.1, -0.05) is 37.6 Å². The lowest BCUT2D eigenvalue weighted by molar-refractivity contribution is 0.104. The zero-order valence-electron chi connectivity index (χ0n) is 12.2. The van der Waals surface area contributed by atoms with Crippen LogP contribution in [0.25, 0.3) is 0 Å². The van der Waals surface area contributed by atoms with Crippen LogP contribution >= 0.6 is 11.6 Å². The van der Waals surface area contributed by atoms with Gasteiger partial charge < -0.3 is 15.2 Å². The Morgan fingerprint density at radius 3 is 2.65 bits per heavy atom. The molecule has 1 aliphatic rings. The van der Waals surface area contributed by atoms with Gasteiger partial charge in [-0.15, -0.1) is 0 Å². The second-order valence-electron chi connectivity index (χ2n) is 6.04. The van der Waals surface area contributed by atoms with E-state index in [0.717, 1.165) is 6.54 Å². The number of aliphatic hydroxyl groups is 1. The summed E-state index contributed by atoms with van der Waals surface area (Å²) >= 11 is 5.99. The van der Waals surface area contributed by atoms with Crippen molar-refractivity contribution in [2.24, 2.45) is 11.3 Å². The van der Waals surface area contributed by atoms with Crippen molar-refractivity contribution in [1.82, 2.24) is 5.32 Å². The van der Waals surface area contributed by atoms with Crippen molar-refractivity contribution in [1.29, 1.82) is 0 Å². The van der Waals surface area contributed by atoms with Crippen molar-refractivity contribution >= 4 is 11.6 Å². The van der Waals surface area contributed by atoms with E-state index in [2.05, 4.69) is 19.2 Å².